The number of nitrogens with zero attached hydrogens (tertiary/aromatic N) is 4. The minimum atomic E-state index is -0.180. The van der Waals surface area contributed by atoms with Gasteiger partial charge in [-0.25, -0.2) is 4.79 Å². The number of nitrogens with two attached hydrogens (primary N) is 1. The van der Waals surface area contributed by atoms with Crippen LogP contribution in [0.2, 0.25) is 0 Å². The Morgan fingerprint density at radius 2 is 2.07 bits per heavy atom. The van der Waals surface area contributed by atoms with Gasteiger partial charge in [0.2, 0.25) is 11.8 Å². The Labute approximate surface area is 157 Å². The smallest absolute Gasteiger partial charge is 0.345 e. The van der Waals surface area contributed by atoms with E-state index in [0.717, 1.165) is 24.8 Å². The fraction of sp³-hybridized carbons (Fsp3) is 0.526. The monoisotopic (exact) mass is 369 g/mol. The number of piperidine rings is 1. The Kier molecular flexibility index (Phi) is 3.91. The molecule has 2 atom stereocenters. The summed E-state index contributed by atoms with van der Waals surface area (Å²) in [5, 5.41) is 9.86. The molecule has 2 aliphatic heterocycles. The standard InChI is InChI=1S/C19H23N5O3/c20-9-6-16-21-22-17(27-16)14-10-19(7-8-19)15-11-23(14)18(25)24(15)26-12-13-4-2-1-3-5-13/h1-5,14-15H,6-12,20H2/t14-,15+/m0/s1. The van der Waals surface area contributed by atoms with Crippen LogP contribution in [0.3, 0.4) is 0 Å². The topological polar surface area (TPSA) is 97.7 Å². The van der Waals surface area contributed by atoms with Crippen LogP contribution in [0, 0.1) is 5.41 Å². The third-order valence-electron chi connectivity index (χ3n) is 6.00. The lowest BCUT2D eigenvalue weighted by Crippen LogP contribution is -2.42. The van der Waals surface area contributed by atoms with Crippen LogP contribution in [0.15, 0.2) is 34.7 Å². The van der Waals surface area contributed by atoms with Gasteiger partial charge in [-0.15, -0.1) is 10.2 Å². The first-order chi connectivity index (χ1) is 13.2. The van der Waals surface area contributed by atoms with E-state index in [-0.39, 0.29) is 23.5 Å². The Hall–Kier alpha value is -2.45. The van der Waals surface area contributed by atoms with Gasteiger partial charge < -0.3 is 15.1 Å². The van der Waals surface area contributed by atoms with Crippen molar-refractivity contribution in [3.8, 4) is 0 Å². The molecule has 27 heavy (non-hydrogen) atoms. The molecular formula is C19H23N5O3. The van der Waals surface area contributed by atoms with Gasteiger partial charge >= 0.3 is 6.03 Å². The first-order valence-electron chi connectivity index (χ1n) is 9.49. The van der Waals surface area contributed by atoms with Crippen LogP contribution in [-0.2, 0) is 17.9 Å². The molecule has 142 valence electrons. The zero-order chi connectivity index (χ0) is 18.4. The quantitative estimate of drug-likeness (QED) is 0.837. The second-order valence-electron chi connectivity index (χ2n) is 7.69. The molecule has 1 aromatic carbocycles. The van der Waals surface area contributed by atoms with Gasteiger partial charge in [-0.2, -0.15) is 5.06 Å². The minimum Gasteiger partial charge on any atom is -0.423 e. The molecule has 1 aliphatic carbocycles. The van der Waals surface area contributed by atoms with E-state index in [1.54, 1.807) is 5.06 Å². The van der Waals surface area contributed by atoms with Crippen LogP contribution in [0.1, 0.15) is 42.6 Å². The zero-order valence-corrected chi connectivity index (χ0v) is 15.1. The van der Waals surface area contributed by atoms with Gasteiger partial charge in [0, 0.05) is 19.5 Å². The summed E-state index contributed by atoms with van der Waals surface area (Å²) < 4.78 is 5.79. The predicted molar refractivity (Wildman–Crippen MR) is 95.0 cm³/mol. The van der Waals surface area contributed by atoms with Gasteiger partial charge in [0.05, 0.1) is 6.04 Å². The number of carbonyl (C=O) groups is 1. The first-order valence-corrected chi connectivity index (χ1v) is 9.49. The van der Waals surface area contributed by atoms with Gasteiger partial charge in [-0.3, -0.25) is 4.84 Å². The maximum atomic E-state index is 13.1. The molecule has 2 bridgehead atoms. The van der Waals surface area contributed by atoms with Crippen molar-refractivity contribution in [1.82, 2.24) is 20.2 Å². The van der Waals surface area contributed by atoms with E-state index in [9.17, 15) is 4.79 Å². The summed E-state index contributed by atoms with van der Waals surface area (Å²) in [6.45, 7) is 1.49. The van der Waals surface area contributed by atoms with E-state index < -0.39 is 0 Å². The van der Waals surface area contributed by atoms with Crippen LogP contribution in [0.25, 0.3) is 0 Å². The molecule has 1 saturated carbocycles. The lowest BCUT2D eigenvalue weighted by molar-refractivity contribution is -0.153. The summed E-state index contributed by atoms with van der Waals surface area (Å²) in [4.78, 5) is 20.9. The molecule has 8 heteroatoms. The van der Waals surface area contributed by atoms with Crippen molar-refractivity contribution in [2.24, 2.45) is 11.1 Å². The summed E-state index contributed by atoms with van der Waals surface area (Å²) in [6.07, 6.45) is 3.60. The van der Waals surface area contributed by atoms with E-state index >= 15 is 0 Å². The molecule has 1 aromatic heterocycles. The lowest BCUT2D eigenvalue weighted by atomic mass is 9.85. The van der Waals surface area contributed by atoms with E-state index in [1.165, 1.54) is 0 Å². The van der Waals surface area contributed by atoms with E-state index in [1.807, 2.05) is 35.2 Å². The Morgan fingerprint density at radius 3 is 2.81 bits per heavy atom. The maximum Gasteiger partial charge on any atom is 0.345 e. The molecule has 2 N–H and O–H groups in total. The zero-order valence-electron chi connectivity index (χ0n) is 15.1. The van der Waals surface area contributed by atoms with Gasteiger partial charge in [0.1, 0.15) is 12.6 Å². The van der Waals surface area contributed by atoms with Gasteiger partial charge in [-0.05, 0) is 30.2 Å². The van der Waals surface area contributed by atoms with Crippen LogP contribution < -0.4 is 5.73 Å². The SMILES string of the molecule is NCCc1nnc([C@@H]2CC3(CC3)[C@H]3CN2C(=O)N3OCc2ccccc2)o1. The highest BCUT2D eigenvalue weighted by Gasteiger charge is 2.64. The number of urea groups is 1. The number of hydrogen-bond acceptors (Lipinski definition) is 6. The van der Waals surface area contributed by atoms with Crippen molar-refractivity contribution in [2.75, 3.05) is 13.1 Å². The van der Waals surface area contributed by atoms with Crippen LogP contribution in [0.4, 0.5) is 4.79 Å². The van der Waals surface area contributed by atoms with Crippen molar-refractivity contribution < 1.29 is 14.0 Å². The molecule has 1 spiro atoms. The summed E-state index contributed by atoms with van der Waals surface area (Å²) >= 11 is 0. The van der Waals surface area contributed by atoms with Crippen LogP contribution >= 0.6 is 0 Å². The number of hydroxylamine groups is 2. The summed E-state index contributed by atoms with van der Waals surface area (Å²) in [5.41, 5.74) is 6.72. The number of rotatable bonds is 6. The Balaban J connectivity index is 1.37. The van der Waals surface area contributed by atoms with E-state index in [4.69, 9.17) is 15.0 Å². The van der Waals surface area contributed by atoms with Crippen molar-refractivity contribution in [2.45, 2.75) is 44.4 Å². The fourth-order valence-corrected chi connectivity index (χ4v) is 4.34. The second kappa shape index (κ2) is 6.31. The third-order valence-corrected chi connectivity index (χ3v) is 6.00. The molecular weight excluding hydrogens is 346 g/mol. The van der Waals surface area contributed by atoms with Crippen molar-refractivity contribution >= 4 is 6.03 Å². The average Bonchev–Trinajstić information content (AvgIpc) is 3.18. The third kappa shape index (κ3) is 2.80. The highest BCUT2D eigenvalue weighted by atomic mass is 16.7. The molecule has 3 heterocycles. The highest BCUT2D eigenvalue weighted by Crippen LogP contribution is 2.61. The number of benzene rings is 1. The van der Waals surface area contributed by atoms with Gasteiger partial charge in [0.25, 0.3) is 0 Å². The number of fused-ring (bicyclic) bond motifs is 3. The number of amides is 2. The fourth-order valence-electron chi connectivity index (χ4n) is 4.34. The summed E-state index contributed by atoms with van der Waals surface area (Å²) in [7, 11) is 0. The molecule has 2 saturated heterocycles. The van der Waals surface area contributed by atoms with Crippen LogP contribution in [-0.4, -0.2) is 45.3 Å². The first kappa shape index (κ1) is 16.7. The predicted octanol–water partition coefficient (Wildman–Crippen LogP) is 2.03. The highest BCUT2D eigenvalue weighted by molar-refractivity contribution is 5.77. The van der Waals surface area contributed by atoms with Crippen molar-refractivity contribution in [1.29, 1.82) is 0 Å². The van der Waals surface area contributed by atoms with E-state index in [0.29, 0.717) is 37.9 Å². The molecule has 0 unspecified atom stereocenters. The van der Waals surface area contributed by atoms with Crippen molar-refractivity contribution in [3.63, 3.8) is 0 Å². The lowest BCUT2D eigenvalue weighted by Gasteiger charge is -2.35. The number of aromatic nitrogens is 2. The summed E-state index contributed by atoms with van der Waals surface area (Å²) in [5.74, 6) is 1.05. The molecule has 2 aromatic rings. The normalized spacial score (nSPS) is 25.4. The second-order valence-corrected chi connectivity index (χ2v) is 7.69. The molecule has 5 rings (SSSR count). The largest absolute Gasteiger partial charge is 0.423 e. The van der Waals surface area contributed by atoms with Gasteiger partial charge in [0.15, 0.2) is 0 Å². The maximum absolute atomic E-state index is 13.1. The van der Waals surface area contributed by atoms with Gasteiger partial charge in [-0.1, -0.05) is 30.3 Å². The molecule has 8 nitrogen and oxygen atoms in total. The minimum absolute atomic E-state index is 0.0939. The molecule has 3 fully saturated rings. The van der Waals surface area contributed by atoms with Crippen molar-refractivity contribution in [3.05, 3.63) is 47.7 Å². The molecule has 2 amide bonds. The Morgan fingerprint density at radius 1 is 1.26 bits per heavy atom. The number of hydrogen-bond donors (Lipinski definition) is 1. The number of carbonyl (C=O) groups excluding carboxylic acids is 1. The molecule has 0 radical (unpaired) electrons. The summed E-state index contributed by atoms with van der Waals surface area (Å²) in [6, 6.07) is 9.72. The average molecular weight is 369 g/mol. The Bertz CT molecular complexity index is 835. The molecule has 3 aliphatic rings. The van der Waals surface area contributed by atoms with Crippen LogP contribution in [0.5, 0.6) is 0 Å². The van der Waals surface area contributed by atoms with E-state index in [2.05, 4.69) is 10.2 Å².